The molecule has 0 bridgehead atoms. The predicted molar refractivity (Wildman–Crippen MR) is 62.9 cm³/mol. The topological polar surface area (TPSA) is 3.01 Å². The van der Waals surface area contributed by atoms with Gasteiger partial charge in [-0.05, 0) is 19.0 Å². The van der Waals surface area contributed by atoms with Crippen molar-refractivity contribution in [2.24, 2.45) is 0 Å². The molecule has 0 atom stereocenters. The van der Waals surface area contributed by atoms with Crippen molar-refractivity contribution in [3.63, 3.8) is 0 Å². The second-order valence-corrected chi connectivity index (χ2v) is 5.43. The first-order valence-corrected chi connectivity index (χ1v) is 7.58. The normalized spacial score (nSPS) is 16.8. The Bertz CT molecular complexity index is 153. The highest BCUT2D eigenvalue weighted by atomic mass is 28.2. The van der Waals surface area contributed by atoms with E-state index >= 15 is 0 Å². The van der Waals surface area contributed by atoms with Gasteiger partial charge in [0.05, 0.1) is 9.52 Å². The highest BCUT2D eigenvalue weighted by Crippen LogP contribution is 2.11. The van der Waals surface area contributed by atoms with E-state index in [0.717, 1.165) is 0 Å². The molecule has 2 heteroatoms. The predicted octanol–water partition coefficient (Wildman–Crippen LogP) is 1.91. The molecule has 0 aromatic carbocycles. The van der Waals surface area contributed by atoms with E-state index in [2.05, 4.69) is 24.4 Å². The van der Waals surface area contributed by atoms with Crippen LogP contribution in [-0.4, -0.2) is 33.7 Å². The van der Waals surface area contributed by atoms with Crippen molar-refractivity contribution in [1.29, 1.82) is 0 Å². The first-order chi connectivity index (χ1) is 6.36. The summed E-state index contributed by atoms with van der Waals surface area (Å²) in [7, 11) is 0.102. The molecular formula is C11H23NSi. The van der Waals surface area contributed by atoms with Gasteiger partial charge in [0.15, 0.2) is 0 Å². The lowest BCUT2D eigenvalue weighted by Crippen LogP contribution is -2.06. The summed E-state index contributed by atoms with van der Waals surface area (Å²) in [4.78, 5) is 2.55. The zero-order valence-corrected chi connectivity index (χ0v) is 10.6. The van der Waals surface area contributed by atoms with Gasteiger partial charge in [-0.15, -0.1) is 5.70 Å². The standard InChI is InChI=1S/C11H23NSi/c1-3-5-11(6-4-2)9-13-10-12-7-8-12/h9H,3-8,10,13H2,1-2H3. The molecule has 1 fully saturated rings. The Balaban J connectivity index is 2.14. The Kier molecular flexibility index (Phi) is 5.40. The summed E-state index contributed by atoms with van der Waals surface area (Å²) in [6, 6.07) is 0. The molecule has 0 unspecified atom stereocenters. The van der Waals surface area contributed by atoms with E-state index in [1.807, 2.05) is 0 Å². The highest BCUT2D eigenvalue weighted by molar-refractivity contribution is 6.42. The maximum atomic E-state index is 2.62. The highest BCUT2D eigenvalue weighted by Gasteiger charge is 2.14. The van der Waals surface area contributed by atoms with Gasteiger partial charge in [-0.25, -0.2) is 0 Å². The molecule has 1 aliphatic heterocycles. The zero-order chi connectivity index (χ0) is 9.52. The first-order valence-electron chi connectivity index (χ1n) is 5.77. The Morgan fingerprint density at radius 3 is 2.31 bits per heavy atom. The van der Waals surface area contributed by atoms with Crippen molar-refractivity contribution < 1.29 is 0 Å². The molecule has 1 rings (SSSR count). The molecular weight excluding hydrogens is 174 g/mol. The third-order valence-corrected chi connectivity index (χ3v) is 4.32. The van der Waals surface area contributed by atoms with Crippen molar-refractivity contribution in [3.8, 4) is 0 Å². The third-order valence-electron chi connectivity index (χ3n) is 2.56. The van der Waals surface area contributed by atoms with Crippen LogP contribution in [0.2, 0.25) is 0 Å². The minimum absolute atomic E-state index is 0.102. The second kappa shape index (κ2) is 6.38. The van der Waals surface area contributed by atoms with Gasteiger partial charge in [0, 0.05) is 13.1 Å². The van der Waals surface area contributed by atoms with Gasteiger partial charge >= 0.3 is 0 Å². The third kappa shape index (κ3) is 5.27. The summed E-state index contributed by atoms with van der Waals surface area (Å²) >= 11 is 0. The Labute approximate surface area is 85.0 Å². The summed E-state index contributed by atoms with van der Waals surface area (Å²) < 4.78 is 0. The van der Waals surface area contributed by atoms with E-state index in [1.54, 1.807) is 5.57 Å². The van der Waals surface area contributed by atoms with Gasteiger partial charge in [0.2, 0.25) is 0 Å². The van der Waals surface area contributed by atoms with Crippen LogP contribution in [0, 0.1) is 0 Å². The van der Waals surface area contributed by atoms with Crippen LogP contribution >= 0.6 is 0 Å². The van der Waals surface area contributed by atoms with Gasteiger partial charge in [0.25, 0.3) is 0 Å². The van der Waals surface area contributed by atoms with Crippen LogP contribution in [0.1, 0.15) is 39.5 Å². The van der Waals surface area contributed by atoms with Crippen LogP contribution in [0.4, 0.5) is 0 Å². The van der Waals surface area contributed by atoms with Crippen molar-refractivity contribution >= 4 is 9.52 Å². The quantitative estimate of drug-likeness (QED) is 0.445. The van der Waals surface area contributed by atoms with Crippen molar-refractivity contribution in [3.05, 3.63) is 11.3 Å². The van der Waals surface area contributed by atoms with Crippen molar-refractivity contribution in [1.82, 2.24) is 4.90 Å². The molecule has 0 aliphatic carbocycles. The number of rotatable bonds is 7. The molecule has 0 N–H and O–H groups in total. The molecule has 1 heterocycles. The fourth-order valence-electron chi connectivity index (χ4n) is 1.72. The van der Waals surface area contributed by atoms with Gasteiger partial charge in [-0.1, -0.05) is 32.3 Å². The largest absolute Gasteiger partial charge is 0.304 e. The van der Waals surface area contributed by atoms with Crippen LogP contribution in [0.3, 0.4) is 0 Å². The smallest absolute Gasteiger partial charge is 0.0612 e. The van der Waals surface area contributed by atoms with E-state index in [9.17, 15) is 0 Å². The number of nitrogens with zero attached hydrogens (tertiary/aromatic N) is 1. The summed E-state index contributed by atoms with van der Waals surface area (Å²) in [5.74, 6) is 0. The van der Waals surface area contributed by atoms with E-state index in [-0.39, 0.29) is 9.52 Å². The van der Waals surface area contributed by atoms with Gasteiger partial charge in [-0.2, -0.15) is 0 Å². The minimum Gasteiger partial charge on any atom is -0.304 e. The van der Waals surface area contributed by atoms with E-state index in [4.69, 9.17) is 0 Å². The number of hydrogen-bond acceptors (Lipinski definition) is 1. The molecule has 1 saturated heterocycles. The van der Waals surface area contributed by atoms with Gasteiger partial charge in [0.1, 0.15) is 0 Å². The lowest BCUT2D eigenvalue weighted by atomic mass is 10.1. The van der Waals surface area contributed by atoms with E-state index < -0.39 is 0 Å². The lowest BCUT2D eigenvalue weighted by Gasteiger charge is -2.04. The minimum atomic E-state index is 0.102. The first kappa shape index (κ1) is 11.0. The van der Waals surface area contributed by atoms with Gasteiger partial charge in [-0.3, -0.25) is 0 Å². The van der Waals surface area contributed by atoms with Crippen molar-refractivity contribution in [2.45, 2.75) is 39.5 Å². The summed E-state index contributed by atoms with van der Waals surface area (Å²) in [6.07, 6.45) is 6.77. The monoisotopic (exact) mass is 197 g/mol. The molecule has 13 heavy (non-hydrogen) atoms. The molecule has 0 aromatic heterocycles. The number of allylic oxidation sites excluding steroid dienone is 1. The molecule has 0 saturated carbocycles. The fourth-order valence-corrected chi connectivity index (χ4v) is 3.47. The maximum Gasteiger partial charge on any atom is 0.0612 e. The molecule has 76 valence electrons. The molecule has 1 aliphatic rings. The van der Waals surface area contributed by atoms with E-state index in [1.165, 1.54) is 44.9 Å². The van der Waals surface area contributed by atoms with Crippen LogP contribution < -0.4 is 0 Å². The average molecular weight is 197 g/mol. The van der Waals surface area contributed by atoms with E-state index in [0.29, 0.717) is 0 Å². The summed E-state index contributed by atoms with van der Waals surface area (Å²) in [6.45, 7) is 7.32. The van der Waals surface area contributed by atoms with Gasteiger partial charge < -0.3 is 4.90 Å². The molecule has 0 spiro atoms. The second-order valence-electron chi connectivity index (χ2n) is 3.99. The Hall–Kier alpha value is -0.0831. The zero-order valence-electron chi connectivity index (χ0n) is 9.18. The average Bonchev–Trinajstić information content (AvgIpc) is 2.89. The molecule has 0 radical (unpaired) electrons. The Morgan fingerprint density at radius 2 is 1.85 bits per heavy atom. The van der Waals surface area contributed by atoms with Crippen LogP contribution in [-0.2, 0) is 0 Å². The summed E-state index contributed by atoms with van der Waals surface area (Å²) in [5.41, 5.74) is 4.37. The van der Waals surface area contributed by atoms with Crippen LogP contribution in [0.15, 0.2) is 11.3 Å². The maximum absolute atomic E-state index is 2.62. The number of hydrogen-bond donors (Lipinski definition) is 0. The molecule has 0 amide bonds. The van der Waals surface area contributed by atoms with Crippen LogP contribution in [0.25, 0.3) is 0 Å². The van der Waals surface area contributed by atoms with Crippen molar-refractivity contribution in [2.75, 3.05) is 19.3 Å². The summed E-state index contributed by atoms with van der Waals surface area (Å²) in [5, 5.41) is 0. The van der Waals surface area contributed by atoms with Crippen LogP contribution in [0.5, 0.6) is 0 Å². The SMILES string of the molecule is CCCC(=C[SiH2]CN1CC1)CCC. The molecule has 1 nitrogen and oxygen atoms in total. The Morgan fingerprint density at radius 1 is 1.23 bits per heavy atom. The fraction of sp³-hybridized carbons (Fsp3) is 0.818. The molecule has 0 aromatic rings. The lowest BCUT2D eigenvalue weighted by molar-refractivity contribution is 0.661.